The average molecular weight is 450 g/mol. The topological polar surface area (TPSA) is 129 Å². The molecule has 3 rings (SSSR count). The second-order valence-corrected chi connectivity index (χ2v) is 7.21. The van der Waals surface area contributed by atoms with Gasteiger partial charge in [-0.05, 0) is 43.2 Å². The maximum absolute atomic E-state index is 13.0. The highest BCUT2D eigenvalue weighted by atomic mass is 19.4. The van der Waals surface area contributed by atoms with E-state index in [1.807, 2.05) is 0 Å². The minimum atomic E-state index is -5.01. The lowest BCUT2D eigenvalue weighted by molar-refractivity contribution is -0.274. The van der Waals surface area contributed by atoms with Crippen LogP contribution in [0.1, 0.15) is 44.7 Å². The number of anilines is 1. The van der Waals surface area contributed by atoms with Crippen LogP contribution in [0.5, 0.6) is 11.5 Å². The molecule has 0 bridgehead atoms. The summed E-state index contributed by atoms with van der Waals surface area (Å²) in [7, 11) is 0. The number of benzene rings is 2. The van der Waals surface area contributed by atoms with Crippen molar-refractivity contribution in [2.75, 3.05) is 18.0 Å². The van der Waals surface area contributed by atoms with Crippen molar-refractivity contribution in [3.05, 3.63) is 52.6 Å². The van der Waals surface area contributed by atoms with Crippen LogP contribution < -0.4 is 20.7 Å². The van der Waals surface area contributed by atoms with Gasteiger partial charge in [-0.3, -0.25) is 15.0 Å². The summed E-state index contributed by atoms with van der Waals surface area (Å²) < 4.78 is 43.2. The van der Waals surface area contributed by atoms with Crippen molar-refractivity contribution >= 4 is 23.7 Å². The number of phenols is 1. The normalized spacial score (nSPS) is 13.7. The number of aldehydes is 1. The molecule has 1 aliphatic heterocycles. The summed E-state index contributed by atoms with van der Waals surface area (Å²) in [5, 5.41) is 19.9. The fourth-order valence-electron chi connectivity index (χ4n) is 3.50. The number of nitrogens with two attached hydrogens (primary N) is 1. The van der Waals surface area contributed by atoms with Crippen LogP contribution in [-0.2, 0) is 6.54 Å². The Morgan fingerprint density at radius 3 is 2.50 bits per heavy atom. The minimum Gasteiger partial charge on any atom is -0.508 e. The van der Waals surface area contributed by atoms with Gasteiger partial charge < -0.3 is 25.8 Å². The number of amides is 1. The van der Waals surface area contributed by atoms with E-state index < -0.39 is 18.0 Å². The monoisotopic (exact) mass is 450 g/mol. The summed E-state index contributed by atoms with van der Waals surface area (Å²) in [6.07, 6.45) is -3.11. The predicted molar refractivity (Wildman–Crippen MR) is 110 cm³/mol. The van der Waals surface area contributed by atoms with Crippen molar-refractivity contribution in [1.29, 1.82) is 5.41 Å². The third-order valence-electron chi connectivity index (χ3n) is 4.97. The number of nitrogens with zero attached hydrogens (tertiary/aromatic N) is 1. The Labute approximate surface area is 181 Å². The molecule has 170 valence electrons. The first kappa shape index (κ1) is 22.9. The summed E-state index contributed by atoms with van der Waals surface area (Å²) in [6, 6.07) is 6.28. The summed E-state index contributed by atoms with van der Waals surface area (Å²) in [6.45, 7) is 0.740. The standard InChI is InChI=1S/C21H21F3N4O4/c22-21(23,24)32-17-9-13(8-15(11-29)18(17)28-5-1-2-6-28)20(31)27-10-14-7-12(19(25)26)3-4-16(14)30/h3-4,7-9,11,30H,1-2,5-6,10H2,(H3,25,26)(H,27,31). The van der Waals surface area contributed by atoms with Gasteiger partial charge in [0.05, 0.1) is 5.69 Å². The number of nitrogen functional groups attached to an aromatic ring is 1. The molecule has 0 atom stereocenters. The Morgan fingerprint density at radius 1 is 1.22 bits per heavy atom. The van der Waals surface area contributed by atoms with Gasteiger partial charge in [-0.25, -0.2) is 0 Å². The average Bonchev–Trinajstić information content (AvgIpc) is 3.25. The Balaban J connectivity index is 1.91. The third kappa shape index (κ3) is 5.29. The summed E-state index contributed by atoms with van der Waals surface area (Å²) >= 11 is 0. The van der Waals surface area contributed by atoms with Gasteiger partial charge in [0.15, 0.2) is 12.0 Å². The maximum atomic E-state index is 13.0. The number of amidine groups is 1. The van der Waals surface area contributed by atoms with E-state index in [4.69, 9.17) is 11.1 Å². The lowest BCUT2D eigenvalue weighted by Crippen LogP contribution is -2.26. The predicted octanol–water partition coefficient (Wildman–Crippen LogP) is 2.92. The van der Waals surface area contributed by atoms with Crippen LogP contribution >= 0.6 is 0 Å². The Kier molecular flexibility index (Phi) is 6.56. The second-order valence-electron chi connectivity index (χ2n) is 7.21. The third-order valence-corrected chi connectivity index (χ3v) is 4.97. The molecule has 1 saturated heterocycles. The molecule has 2 aromatic carbocycles. The van der Waals surface area contributed by atoms with Crippen LogP contribution in [0, 0.1) is 5.41 Å². The molecule has 0 radical (unpaired) electrons. The lowest BCUT2D eigenvalue weighted by Gasteiger charge is -2.24. The maximum Gasteiger partial charge on any atom is 0.573 e. The van der Waals surface area contributed by atoms with Crippen molar-refractivity contribution in [1.82, 2.24) is 5.32 Å². The number of carbonyl (C=O) groups excluding carboxylic acids is 2. The first-order valence-electron chi connectivity index (χ1n) is 9.67. The highest BCUT2D eigenvalue weighted by molar-refractivity contribution is 5.99. The smallest absolute Gasteiger partial charge is 0.508 e. The Bertz CT molecular complexity index is 1050. The van der Waals surface area contributed by atoms with E-state index in [-0.39, 0.29) is 40.5 Å². The molecule has 0 aliphatic carbocycles. The van der Waals surface area contributed by atoms with Gasteiger partial charge in [-0.2, -0.15) is 0 Å². The fraction of sp³-hybridized carbons (Fsp3) is 0.286. The number of hydrogen-bond acceptors (Lipinski definition) is 6. The quantitative estimate of drug-likeness (QED) is 0.292. The molecule has 0 unspecified atom stereocenters. The van der Waals surface area contributed by atoms with Crippen LogP contribution in [-0.4, -0.2) is 42.6 Å². The largest absolute Gasteiger partial charge is 0.573 e. The molecule has 11 heteroatoms. The first-order valence-corrected chi connectivity index (χ1v) is 9.67. The summed E-state index contributed by atoms with van der Waals surface area (Å²) in [5.74, 6) is -1.80. The number of ether oxygens (including phenoxy) is 1. The van der Waals surface area contributed by atoms with Crippen LogP contribution in [0.2, 0.25) is 0 Å². The molecular weight excluding hydrogens is 429 g/mol. The first-order chi connectivity index (χ1) is 15.1. The van der Waals surface area contributed by atoms with Gasteiger partial charge in [0.25, 0.3) is 5.91 Å². The highest BCUT2D eigenvalue weighted by Crippen LogP contribution is 2.38. The van der Waals surface area contributed by atoms with Crippen LogP contribution in [0.4, 0.5) is 18.9 Å². The van der Waals surface area contributed by atoms with E-state index >= 15 is 0 Å². The highest BCUT2D eigenvalue weighted by Gasteiger charge is 2.34. The molecule has 1 aliphatic rings. The van der Waals surface area contributed by atoms with Crippen LogP contribution in [0.15, 0.2) is 30.3 Å². The van der Waals surface area contributed by atoms with Gasteiger partial charge in [-0.1, -0.05) is 0 Å². The lowest BCUT2D eigenvalue weighted by atomic mass is 10.1. The Morgan fingerprint density at radius 2 is 1.91 bits per heavy atom. The number of halogens is 3. The van der Waals surface area contributed by atoms with Crippen molar-refractivity contribution in [3.63, 3.8) is 0 Å². The number of alkyl halides is 3. The number of rotatable bonds is 7. The van der Waals surface area contributed by atoms with Gasteiger partial charge in [0.1, 0.15) is 11.6 Å². The summed E-state index contributed by atoms with van der Waals surface area (Å²) in [4.78, 5) is 25.9. The van der Waals surface area contributed by atoms with Gasteiger partial charge in [-0.15, -0.1) is 13.2 Å². The molecule has 1 amide bonds. The van der Waals surface area contributed by atoms with E-state index in [9.17, 15) is 27.9 Å². The zero-order valence-corrected chi connectivity index (χ0v) is 16.8. The number of nitrogens with one attached hydrogen (secondary N) is 2. The molecule has 5 N–H and O–H groups in total. The molecule has 32 heavy (non-hydrogen) atoms. The van der Waals surface area contributed by atoms with E-state index in [0.29, 0.717) is 24.9 Å². The number of hydrogen-bond donors (Lipinski definition) is 4. The SMILES string of the molecule is N=C(N)c1ccc(O)c(CNC(=O)c2cc(C=O)c(N3CCCC3)c(OC(F)(F)F)c2)c1. The number of aromatic hydroxyl groups is 1. The van der Waals surface area contributed by atoms with E-state index in [0.717, 1.165) is 18.9 Å². The van der Waals surface area contributed by atoms with E-state index in [1.165, 1.54) is 24.3 Å². The van der Waals surface area contributed by atoms with Crippen molar-refractivity contribution in [2.45, 2.75) is 25.7 Å². The van der Waals surface area contributed by atoms with Crippen LogP contribution in [0.3, 0.4) is 0 Å². The van der Waals surface area contributed by atoms with Gasteiger partial charge in [0.2, 0.25) is 0 Å². The minimum absolute atomic E-state index is 0.00169. The van der Waals surface area contributed by atoms with Crippen molar-refractivity contribution < 1.29 is 32.6 Å². The summed E-state index contributed by atoms with van der Waals surface area (Å²) in [5.41, 5.74) is 5.68. The number of phenolic OH excluding ortho intramolecular Hbond substituents is 1. The van der Waals surface area contributed by atoms with Crippen LogP contribution in [0.25, 0.3) is 0 Å². The van der Waals surface area contributed by atoms with Crippen molar-refractivity contribution in [2.24, 2.45) is 5.73 Å². The van der Waals surface area contributed by atoms with Gasteiger partial charge >= 0.3 is 6.36 Å². The molecule has 0 saturated carbocycles. The van der Waals surface area contributed by atoms with E-state index in [1.54, 1.807) is 4.90 Å². The fourth-order valence-corrected chi connectivity index (χ4v) is 3.50. The van der Waals surface area contributed by atoms with Crippen molar-refractivity contribution in [3.8, 4) is 11.5 Å². The number of carbonyl (C=O) groups is 2. The molecule has 0 aromatic heterocycles. The Hall–Kier alpha value is -3.76. The zero-order valence-electron chi connectivity index (χ0n) is 16.8. The molecule has 1 fully saturated rings. The molecule has 8 nitrogen and oxygen atoms in total. The molecule has 0 spiro atoms. The van der Waals surface area contributed by atoms with E-state index in [2.05, 4.69) is 10.1 Å². The van der Waals surface area contributed by atoms with Gasteiger partial charge in [0, 0.05) is 41.9 Å². The second kappa shape index (κ2) is 9.16. The zero-order chi connectivity index (χ0) is 23.5. The molecular formula is C21H21F3N4O4. The molecule has 2 aromatic rings. The molecule has 1 heterocycles.